The average molecular weight is 509 g/mol. The van der Waals surface area contributed by atoms with Crippen LogP contribution in [-0.4, -0.2) is 35.4 Å². The van der Waals surface area contributed by atoms with E-state index < -0.39 is 0 Å². The molecule has 1 aromatic rings. The average Bonchev–Trinajstić information content (AvgIpc) is 3.24. The molecule has 5 rings (SSSR count). The van der Waals surface area contributed by atoms with Gasteiger partial charge < -0.3 is 9.84 Å². The van der Waals surface area contributed by atoms with Crippen molar-refractivity contribution in [3.8, 4) is 0 Å². The molecular weight excluding hydrogens is 464 g/mol. The lowest BCUT2D eigenvalue weighted by atomic mass is 9.44. The molecule has 0 unspecified atom stereocenters. The second kappa shape index (κ2) is 10.3. The molecule has 202 valence electrons. The Morgan fingerprint density at radius 3 is 2.49 bits per heavy atom. The zero-order valence-corrected chi connectivity index (χ0v) is 22.8. The molecule has 0 spiro atoms. The molecule has 5 nitrogen and oxygen atoms in total. The fourth-order valence-corrected chi connectivity index (χ4v) is 9.36. The maximum Gasteiger partial charge on any atom is 0.306 e. The van der Waals surface area contributed by atoms with Gasteiger partial charge in [0.15, 0.2) is 12.4 Å². The third-order valence-electron chi connectivity index (χ3n) is 11.5. The maximum absolute atomic E-state index is 13.6. The largest absolute Gasteiger partial charge is 0.457 e. The molecular formula is C32H44O5. The van der Waals surface area contributed by atoms with Crippen molar-refractivity contribution in [2.24, 2.45) is 46.3 Å². The van der Waals surface area contributed by atoms with Gasteiger partial charge in [-0.25, -0.2) is 0 Å². The van der Waals surface area contributed by atoms with Crippen molar-refractivity contribution < 1.29 is 24.2 Å². The van der Waals surface area contributed by atoms with Gasteiger partial charge in [0.25, 0.3) is 0 Å². The van der Waals surface area contributed by atoms with Crippen molar-refractivity contribution >= 4 is 17.5 Å². The molecule has 0 radical (unpaired) electrons. The Hall–Kier alpha value is -2.01. The molecule has 1 N–H and O–H groups in total. The second-order valence-corrected chi connectivity index (χ2v) is 13.2. The number of ketones is 2. The number of aliphatic hydroxyl groups is 1. The van der Waals surface area contributed by atoms with Gasteiger partial charge in [0.2, 0.25) is 0 Å². The fraction of sp³-hybridized carbons (Fsp3) is 0.719. The molecule has 0 aromatic heterocycles. The van der Waals surface area contributed by atoms with Gasteiger partial charge in [-0.3, -0.25) is 14.4 Å². The molecule has 0 bridgehead atoms. The lowest BCUT2D eigenvalue weighted by molar-refractivity contribution is -0.160. The van der Waals surface area contributed by atoms with Crippen LogP contribution in [-0.2, 0) is 14.3 Å². The number of Topliss-reactive ketones (excluding diaryl/α,β-unsaturated/α-hetero) is 2. The van der Waals surface area contributed by atoms with Crippen LogP contribution in [0.5, 0.6) is 0 Å². The van der Waals surface area contributed by atoms with Gasteiger partial charge >= 0.3 is 5.97 Å². The summed E-state index contributed by atoms with van der Waals surface area (Å²) in [5, 5.41) is 10.3. The van der Waals surface area contributed by atoms with Crippen LogP contribution in [0.15, 0.2) is 30.3 Å². The van der Waals surface area contributed by atoms with E-state index in [1.807, 2.05) is 6.07 Å². The van der Waals surface area contributed by atoms with E-state index >= 15 is 0 Å². The number of ether oxygens (including phenoxy) is 1. The Balaban J connectivity index is 1.19. The molecule has 4 aliphatic carbocycles. The van der Waals surface area contributed by atoms with Crippen LogP contribution in [0.4, 0.5) is 0 Å². The summed E-state index contributed by atoms with van der Waals surface area (Å²) < 4.78 is 5.31. The zero-order valence-electron chi connectivity index (χ0n) is 22.8. The molecule has 4 saturated carbocycles. The molecule has 0 heterocycles. The highest BCUT2D eigenvalue weighted by Gasteiger charge is 2.63. The van der Waals surface area contributed by atoms with Crippen molar-refractivity contribution in [2.75, 3.05) is 6.61 Å². The molecule has 5 heteroatoms. The molecule has 0 amide bonds. The molecule has 37 heavy (non-hydrogen) atoms. The summed E-state index contributed by atoms with van der Waals surface area (Å²) in [5.41, 5.74) is 0.885. The van der Waals surface area contributed by atoms with E-state index in [9.17, 15) is 19.5 Å². The summed E-state index contributed by atoms with van der Waals surface area (Å²) in [6.45, 7) is 6.89. The highest BCUT2D eigenvalue weighted by atomic mass is 16.5. The van der Waals surface area contributed by atoms with Crippen molar-refractivity contribution in [3.05, 3.63) is 35.9 Å². The lowest BCUT2D eigenvalue weighted by Gasteiger charge is -2.60. The van der Waals surface area contributed by atoms with Gasteiger partial charge in [0, 0.05) is 24.3 Å². The minimum Gasteiger partial charge on any atom is -0.457 e. The van der Waals surface area contributed by atoms with Crippen LogP contribution in [0.2, 0.25) is 0 Å². The van der Waals surface area contributed by atoms with Gasteiger partial charge in [-0.05, 0) is 91.8 Å². The predicted octanol–water partition coefficient (Wildman–Crippen LogP) is 6.03. The number of fused-ring (bicyclic) bond motifs is 5. The van der Waals surface area contributed by atoms with Gasteiger partial charge in [-0.2, -0.15) is 0 Å². The van der Waals surface area contributed by atoms with Gasteiger partial charge in [-0.1, -0.05) is 51.1 Å². The fourth-order valence-electron chi connectivity index (χ4n) is 9.36. The van der Waals surface area contributed by atoms with Crippen LogP contribution in [0.1, 0.15) is 95.3 Å². The predicted molar refractivity (Wildman–Crippen MR) is 142 cm³/mol. The van der Waals surface area contributed by atoms with E-state index in [1.54, 1.807) is 24.3 Å². The molecule has 0 aliphatic heterocycles. The molecule has 9 atom stereocenters. The Labute approximate surface area is 221 Å². The molecule has 4 fully saturated rings. The Morgan fingerprint density at radius 1 is 1.03 bits per heavy atom. The Bertz CT molecular complexity index is 1020. The van der Waals surface area contributed by atoms with Crippen LogP contribution in [0, 0.1) is 46.3 Å². The second-order valence-electron chi connectivity index (χ2n) is 13.2. The number of hydrogen-bond acceptors (Lipinski definition) is 5. The number of esters is 1. The number of rotatable bonds is 7. The standard InChI is InChI=1S/C32H44O5/c1-20(9-12-29(36)37-19-28(35)21-7-5-4-6-8-21)24-10-11-25-30-26(14-16-32(24,25)3)31(2)15-13-23(33)17-22(31)18-27(30)34/h4-8,20,22-26,30,33H,9-19H2,1-3H3/t20-,22+,23-,24-,25+,26+,30+,31+,32-/m1/s1. The van der Waals surface area contributed by atoms with E-state index in [1.165, 1.54) is 0 Å². The Kier molecular flexibility index (Phi) is 7.39. The maximum atomic E-state index is 13.6. The van der Waals surface area contributed by atoms with Crippen molar-refractivity contribution in [3.63, 3.8) is 0 Å². The first-order valence-corrected chi connectivity index (χ1v) is 14.6. The number of carbonyl (C=O) groups excluding carboxylic acids is 3. The number of aliphatic hydroxyl groups excluding tert-OH is 1. The first-order chi connectivity index (χ1) is 17.6. The number of hydrogen-bond donors (Lipinski definition) is 1. The minimum atomic E-state index is -0.305. The van der Waals surface area contributed by atoms with E-state index in [4.69, 9.17) is 4.74 Å². The summed E-state index contributed by atoms with van der Waals surface area (Å²) in [4.78, 5) is 38.3. The quantitative estimate of drug-likeness (QED) is 0.359. The van der Waals surface area contributed by atoms with Gasteiger partial charge in [0.1, 0.15) is 5.78 Å². The smallest absolute Gasteiger partial charge is 0.306 e. The molecule has 1 aromatic carbocycles. The van der Waals surface area contributed by atoms with E-state index in [0.29, 0.717) is 53.8 Å². The zero-order chi connectivity index (χ0) is 26.4. The first kappa shape index (κ1) is 26.6. The van der Waals surface area contributed by atoms with Gasteiger partial charge in [0.05, 0.1) is 6.10 Å². The number of carbonyl (C=O) groups is 3. The van der Waals surface area contributed by atoms with E-state index in [0.717, 1.165) is 51.4 Å². The normalized spacial score (nSPS) is 39.7. The summed E-state index contributed by atoms with van der Waals surface area (Å²) >= 11 is 0. The van der Waals surface area contributed by atoms with Crippen LogP contribution < -0.4 is 0 Å². The van der Waals surface area contributed by atoms with E-state index in [2.05, 4.69) is 20.8 Å². The number of benzene rings is 1. The molecule has 4 aliphatic rings. The monoisotopic (exact) mass is 508 g/mol. The third kappa shape index (κ3) is 4.82. The molecule has 0 saturated heterocycles. The summed E-state index contributed by atoms with van der Waals surface area (Å²) in [5.74, 6) is 2.25. The van der Waals surface area contributed by atoms with Gasteiger partial charge in [-0.15, -0.1) is 0 Å². The first-order valence-electron chi connectivity index (χ1n) is 14.6. The summed E-state index contributed by atoms with van der Waals surface area (Å²) in [6, 6.07) is 8.93. The minimum absolute atomic E-state index is 0.140. The van der Waals surface area contributed by atoms with Crippen molar-refractivity contribution in [1.29, 1.82) is 0 Å². The highest BCUT2D eigenvalue weighted by molar-refractivity contribution is 5.97. The van der Waals surface area contributed by atoms with Crippen molar-refractivity contribution in [1.82, 2.24) is 0 Å². The SMILES string of the molecule is C[C@H](CCC(=O)OCC(=O)c1ccccc1)[C@H]1CC[C@H]2[C@@H]3C(=O)C[C@@H]4C[C@H](O)CC[C@]4(C)[C@H]3CC[C@]12C. The Morgan fingerprint density at radius 2 is 1.73 bits per heavy atom. The highest BCUT2D eigenvalue weighted by Crippen LogP contribution is 2.67. The van der Waals surface area contributed by atoms with Crippen molar-refractivity contribution in [2.45, 2.75) is 91.1 Å². The van der Waals surface area contributed by atoms with Crippen LogP contribution in [0.3, 0.4) is 0 Å². The lowest BCUT2D eigenvalue weighted by Crippen LogP contribution is -2.57. The summed E-state index contributed by atoms with van der Waals surface area (Å²) in [7, 11) is 0. The van der Waals surface area contributed by atoms with Crippen LogP contribution >= 0.6 is 0 Å². The van der Waals surface area contributed by atoms with E-state index in [-0.39, 0.29) is 41.2 Å². The summed E-state index contributed by atoms with van der Waals surface area (Å²) in [6.07, 6.45) is 8.70. The topological polar surface area (TPSA) is 80.7 Å². The van der Waals surface area contributed by atoms with Crippen LogP contribution in [0.25, 0.3) is 0 Å². The third-order valence-corrected chi connectivity index (χ3v) is 11.5.